The van der Waals surface area contributed by atoms with Crippen LogP contribution in [0.2, 0.25) is 0 Å². The van der Waals surface area contributed by atoms with Gasteiger partial charge in [0, 0.05) is 0 Å². The maximum atomic E-state index is 12.4. The molecule has 90 valence electrons. The van der Waals surface area contributed by atoms with Crippen molar-refractivity contribution in [3.05, 3.63) is 40.4 Å². The van der Waals surface area contributed by atoms with Crippen molar-refractivity contribution in [3.8, 4) is 0 Å². The van der Waals surface area contributed by atoms with Gasteiger partial charge in [0.15, 0.2) is 10.0 Å². The molecule has 0 saturated carbocycles. The van der Waals surface area contributed by atoms with Gasteiger partial charge in [0.05, 0.1) is 0 Å². The highest BCUT2D eigenvalue weighted by atomic mass is 32.2. The van der Waals surface area contributed by atoms with E-state index in [0.29, 0.717) is 0 Å². The topological polar surface area (TPSA) is 48.2 Å². The van der Waals surface area contributed by atoms with Crippen molar-refractivity contribution in [2.75, 3.05) is 0 Å². The molecule has 0 aromatic heterocycles. The molecular weight excluding hydrogens is 250 g/mol. The lowest BCUT2D eigenvalue weighted by Crippen LogP contribution is -2.21. The van der Waals surface area contributed by atoms with Crippen LogP contribution >= 0.6 is 0 Å². The van der Waals surface area contributed by atoms with Crippen molar-refractivity contribution in [2.24, 2.45) is 0 Å². The molecule has 1 aromatic carbocycles. The minimum Gasteiger partial charge on any atom is -0.537 e. The smallest absolute Gasteiger partial charge is 0.480 e. The third-order valence-electron chi connectivity index (χ3n) is 1.62. The summed E-state index contributed by atoms with van der Waals surface area (Å²) in [5.74, 6) is -0.567. The Balaban J connectivity index is 2.69. The molecule has 16 heavy (non-hydrogen) atoms. The lowest BCUT2D eigenvalue weighted by Gasteiger charge is -2.21. The molecule has 0 unspecified atom stereocenters. The molecule has 0 saturated heterocycles. The molecule has 0 heterocycles. The Morgan fingerprint density at radius 3 is 2.06 bits per heavy atom. The molecule has 0 aliphatic rings. The molecule has 0 bridgehead atoms. The van der Waals surface area contributed by atoms with Gasteiger partial charge < -0.3 is 4.72 Å². The summed E-state index contributed by atoms with van der Waals surface area (Å²) in [7, 11) is -5.47. The van der Waals surface area contributed by atoms with Crippen LogP contribution in [0, 0.1) is 5.82 Å². The summed E-state index contributed by atoms with van der Waals surface area (Å²) in [6.07, 6.45) is 0. The molecule has 1 aromatic rings. The minimum atomic E-state index is -5.47. The summed E-state index contributed by atoms with van der Waals surface area (Å²) in [6.45, 7) is -0.665. The van der Waals surface area contributed by atoms with Gasteiger partial charge in [-0.2, -0.15) is 13.2 Å². The van der Waals surface area contributed by atoms with Crippen molar-refractivity contribution in [1.29, 1.82) is 0 Å². The molecule has 0 N–H and O–H groups in total. The van der Waals surface area contributed by atoms with Crippen LogP contribution in [-0.4, -0.2) is 13.9 Å². The minimum absolute atomic E-state index is 0.175. The largest absolute Gasteiger partial charge is 0.537 e. The normalized spacial score (nSPS) is 12.8. The number of nitrogens with zero attached hydrogens (tertiary/aromatic N) is 1. The number of benzene rings is 1. The van der Waals surface area contributed by atoms with Gasteiger partial charge in [-0.25, -0.2) is 12.8 Å². The van der Waals surface area contributed by atoms with Gasteiger partial charge in [0.1, 0.15) is 5.82 Å². The van der Waals surface area contributed by atoms with E-state index in [2.05, 4.69) is 4.72 Å². The number of hydrogen-bond acceptors (Lipinski definition) is 2. The number of sulfonamides is 1. The lowest BCUT2D eigenvalue weighted by atomic mass is 10.2. The first-order chi connectivity index (χ1) is 7.22. The van der Waals surface area contributed by atoms with E-state index in [9.17, 15) is 26.0 Å². The molecule has 0 aliphatic heterocycles. The van der Waals surface area contributed by atoms with Gasteiger partial charge in [-0.3, -0.25) is 0 Å². The van der Waals surface area contributed by atoms with Crippen LogP contribution in [0.4, 0.5) is 17.6 Å². The van der Waals surface area contributed by atoms with Crippen LogP contribution in [0.25, 0.3) is 4.72 Å². The van der Waals surface area contributed by atoms with Gasteiger partial charge in [0.25, 0.3) is 0 Å². The van der Waals surface area contributed by atoms with Crippen LogP contribution < -0.4 is 0 Å². The average Bonchev–Trinajstić information content (AvgIpc) is 2.15. The predicted octanol–water partition coefficient (Wildman–Crippen LogP) is 2.55. The molecule has 0 spiro atoms. The first-order valence-electron chi connectivity index (χ1n) is 3.97. The maximum Gasteiger partial charge on any atom is 0.480 e. The van der Waals surface area contributed by atoms with Crippen LogP contribution in [0.5, 0.6) is 0 Å². The van der Waals surface area contributed by atoms with Crippen LogP contribution in [0.1, 0.15) is 5.56 Å². The van der Waals surface area contributed by atoms with Crippen molar-refractivity contribution in [1.82, 2.24) is 0 Å². The maximum absolute atomic E-state index is 12.4. The number of hydrogen-bond donors (Lipinski definition) is 0. The number of rotatable bonds is 3. The Labute approximate surface area is 89.1 Å². The standard InChI is InChI=1S/C8H6F4NO2S/c9-7-3-1-6(2-4-7)5-13-16(14,15)8(10,11)12/h1-4H,5H2/q-1. The number of halogens is 4. The van der Waals surface area contributed by atoms with Gasteiger partial charge in [-0.1, -0.05) is 17.7 Å². The highest BCUT2D eigenvalue weighted by Crippen LogP contribution is 2.28. The average molecular weight is 256 g/mol. The zero-order chi connectivity index (χ0) is 12.4. The molecule has 3 nitrogen and oxygen atoms in total. The fraction of sp³-hybridized carbons (Fsp3) is 0.250. The van der Waals surface area contributed by atoms with E-state index in [4.69, 9.17) is 0 Å². The van der Waals surface area contributed by atoms with Crippen LogP contribution in [0.3, 0.4) is 0 Å². The van der Waals surface area contributed by atoms with E-state index in [-0.39, 0.29) is 5.56 Å². The van der Waals surface area contributed by atoms with Crippen molar-refractivity contribution in [3.63, 3.8) is 0 Å². The lowest BCUT2D eigenvalue weighted by molar-refractivity contribution is -0.0427. The van der Waals surface area contributed by atoms with Gasteiger partial charge in [-0.05, 0) is 12.1 Å². The zero-order valence-corrected chi connectivity index (χ0v) is 8.52. The molecule has 0 fully saturated rings. The Kier molecular flexibility index (Phi) is 3.54. The van der Waals surface area contributed by atoms with Gasteiger partial charge in [0.2, 0.25) is 0 Å². The van der Waals surface area contributed by atoms with Crippen LogP contribution in [0.15, 0.2) is 24.3 Å². The Morgan fingerprint density at radius 1 is 1.12 bits per heavy atom. The molecule has 0 amide bonds. The Bertz CT molecular complexity index is 452. The summed E-state index contributed by atoms with van der Waals surface area (Å²) in [4.78, 5) is 0. The van der Waals surface area contributed by atoms with E-state index in [1.165, 1.54) is 0 Å². The second-order valence-corrected chi connectivity index (χ2v) is 4.51. The van der Waals surface area contributed by atoms with Crippen molar-refractivity contribution >= 4 is 10.0 Å². The van der Waals surface area contributed by atoms with E-state index in [1.807, 2.05) is 0 Å². The first kappa shape index (κ1) is 12.9. The summed E-state index contributed by atoms with van der Waals surface area (Å²) in [6, 6.07) is 4.32. The van der Waals surface area contributed by atoms with Crippen molar-refractivity contribution < 1.29 is 26.0 Å². The second kappa shape index (κ2) is 4.38. The SMILES string of the molecule is O=S(=O)([N-]Cc1ccc(F)cc1)C(F)(F)F. The summed E-state index contributed by atoms with van der Waals surface area (Å²) < 4.78 is 71.6. The summed E-state index contributed by atoms with van der Waals surface area (Å²) >= 11 is 0. The molecule has 0 radical (unpaired) electrons. The first-order valence-corrected chi connectivity index (χ1v) is 5.41. The summed E-state index contributed by atoms with van der Waals surface area (Å²) in [5, 5.41) is 0. The molecule has 1 rings (SSSR count). The highest BCUT2D eigenvalue weighted by Gasteiger charge is 2.38. The van der Waals surface area contributed by atoms with E-state index < -0.39 is 27.9 Å². The number of alkyl halides is 3. The third kappa shape index (κ3) is 3.17. The highest BCUT2D eigenvalue weighted by molar-refractivity contribution is 7.94. The quantitative estimate of drug-likeness (QED) is 0.780. The van der Waals surface area contributed by atoms with E-state index >= 15 is 0 Å². The van der Waals surface area contributed by atoms with Gasteiger partial charge in [-0.15, -0.1) is 6.54 Å². The second-order valence-electron chi connectivity index (χ2n) is 2.83. The Hall–Kier alpha value is -1.15. The van der Waals surface area contributed by atoms with Crippen molar-refractivity contribution in [2.45, 2.75) is 12.1 Å². The monoisotopic (exact) mass is 256 g/mol. The fourth-order valence-electron chi connectivity index (χ4n) is 0.823. The molecule has 0 atom stereocenters. The Morgan fingerprint density at radius 2 is 1.62 bits per heavy atom. The fourth-order valence-corrected chi connectivity index (χ4v) is 1.29. The van der Waals surface area contributed by atoms with E-state index in [1.54, 1.807) is 0 Å². The predicted molar refractivity (Wildman–Crippen MR) is 48.4 cm³/mol. The molecular formula is C8H6F4NO2S-. The van der Waals surface area contributed by atoms with Gasteiger partial charge >= 0.3 is 5.51 Å². The third-order valence-corrected chi connectivity index (χ3v) is 2.68. The molecule has 0 aliphatic carbocycles. The summed E-state index contributed by atoms with van der Waals surface area (Å²) in [5.41, 5.74) is -5.22. The molecule has 8 heteroatoms. The van der Waals surface area contributed by atoms with E-state index in [0.717, 1.165) is 24.3 Å². The van der Waals surface area contributed by atoms with Crippen LogP contribution in [-0.2, 0) is 16.6 Å². The zero-order valence-electron chi connectivity index (χ0n) is 7.70.